The number of aliphatic hydroxyl groups excluding tert-OH is 1. The fraction of sp³-hybridized carbons (Fsp3) is 1.00. The van der Waals surface area contributed by atoms with E-state index in [9.17, 15) is 5.11 Å². The average molecular weight is 231 g/mol. The molecule has 3 nitrogen and oxygen atoms in total. The Labute approximate surface area is 101 Å². The number of hydrogen-bond acceptors (Lipinski definition) is 3. The molecule has 0 amide bonds. The molecule has 0 aliphatic carbocycles. The summed E-state index contributed by atoms with van der Waals surface area (Å²) < 4.78 is 5.53. The third kappa shape index (κ3) is 6.46. The Morgan fingerprint density at radius 2 is 1.81 bits per heavy atom. The van der Waals surface area contributed by atoms with Gasteiger partial charge in [-0.15, -0.1) is 0 Å². The van der Waals surface area contributed by atoms with Crippen LogP contribution in [0.25, 0.3) is 0 Å². The van der Waals surface area contributed by atoms with E-state index in [4.69, 9.17) is 4.74 Å². The minimum atomic E-state index is -0.0944. The first-order valence-electron chi connectivity index (χ1n) is 6.68. The molecule has 0 aromatic rings. The van der Waals surface area contributed by atoms with Crippen LogP contribution in [-0.4, -0.2) is 37.0 Å². The van der Waals surface area contributed by atoms with Gasteiger partial charge in [0.1, 0.15) is 0 Å². The summed E-state index contributed by atoms with van der Waals surface area (Å²) in [5.74, 6) is 0. The van der Waals surface area contributed by atoms with Crippen LogP contribution in [0.5, 0.6) is 0 Å². The van der Waals surface area contributed by atoms with Gasteiger partial charge in [0.15, 0.2) is 0 Å². The van der Waals surface area contributed by atoms with Crippen molar-refractivity contribution in [3.63, 3.8) is 0 Å². The van der Waals surface area contributed by atoms with Crippen molar-refractivity contribution in [2.24, 2.45) is 0 Å². The summed E-state index contributed by atoms with van der Waals surface area (Å²) in [5.41, 5.74) is -0.0944. The third-order valence-electron chi connectivity index (χ3n) is 3.12. The summed E-state index contributed by atoms with van der Waals surface area (Å²) in [6, 6.07) is 0. The van der Waals surface area contributed by atoms with Crippen molar-refractivity contribution >= 4 is 0 Å². The second kappa shape index (κ2) is 10.1. The van der Waals surface area contributed by atoms with Crippen molar-refractivity contribution in [1.82, 2.24) is 5.32 Å². The number of likely N-dealkylation sites (N-methyl/N-ethyl adjacent to an activating group) is 1. The van der Waals surface area contributed by atoms with E-state index in [1.807, 2.05) is 0 Å². The van der Waals surface area contributed by atoms with Gasteiger partial charge in [-0.3, -0.25) is 0 Å². The zero-order valence-corrected chi connectivity index (χ0v) is 11.2. The molecule has 98 valence electrons. The lowest BCUT2D eigenvalue weighted by Gasteiger charge is -2.31. The van der Waals surface area contributed by atoms with Crippen molar-refractivity contribution in [2.45, 2.75) is 58.4 Å². The lowest BCUT2D eigenvalue weighted by Crippen LogP contribution is -2.48. The van der Waals surface area contributed by atoms with E-state index < -0.39 is 0 Å². The van der Waals surface area contributed by atoms with Crippen LogP contribution in [0.15, 0.2) is 0 Å². The van der Waals surface area contributed by atoms with Crippen molar-refractivity contribution in [2.75, 3.05) is 26.4 Å². The van der Waals surface area contributed by atoms with Gasteiger partial charge in [-0.05, 0) is 32.2 Å². The number of ether oxygens (including phenoxy) is 1. The Morgan fingerprint density at radius 1 is 1.12 bits per heavy atom. The van der Waals surface area contributed by atoms with Gasteiger partial charge >= 0.3 is 0 Å². The monoisotopic (exact) mass is 231 g/mol. The molecule has 0 aliphatic heterocycles. The first-order chi connectivity index (χ1) is 7.74. The topological polar surface area (TPSA) is 41.5 Å². The molecule has 0 saturated heterocycles. The van der Waals surface area contributed by atoms with Crippen LogP contribution in [-0.2, 0) is 4.74 Å². The van der Waals surface area contributed by atoms with Crippen LogP contribution in [0, 0.1) is 0 Å². The van der Waals surface area contributed by atoms with E-state index in [1.54, 1.807) is 0 Å². The van der Waals surface area contributed by atoms with E-state index in [2.05, 4.69) is 26.1 Å². The number of rotatable bonds is 11. The normalized spacial score (nSPS) is 15.0. The first-order valence-corrected chi connectivity index (χ1v) is 6.68. The van der Waals surface area contributed by atoms with Crippen LogP contribution >= 0.6 is 0 Å². The average Bonchev–Trinajstić information content (AvgIpc) is 2.32. The van der Waals surface area contributed by atoms with Gasteiger partial charge in [0, 0.05) is 18.8 Å². The van der Waals surface area contributed by atoms with Gasteiger partial charge in [0.25, 0.3) is 0 Å². The van der Waals surface area contributed by atoms with Gasteiger partial charge in [0.05, 0.1) is 6.61 Å². The maximum absolute atomic E-state index is 9.45. The molecule has 2 N–H and O–H groups in total. The molecule has 0 heterocycles. The molecule has 0 spiro atoms. The van der Waals surface area contributed by atoms with Crippen molar-refractivity contribution in [3.05, 3.63) is 0 Å². The lowest BCUT2D eigenvalue weighted by atomic mass is 9.91. The zero-order chi connectivity index (χ0) is 12.3. The Morgan fingerprint density at radius 3 is 2.31 bits per heavy atom. The highest BCUT2D eigenvalue weighted by molar-refractivity contribution is 4.85. The van der Waals surface area contributed by atoms with Gasteiger partial charge < -0.3 is 15.2 Å². The minimum absolute atomic E-state index is 0.0944. The largest absolute Gasteiger partial charge is 0.394 e. The first kappa shape index (κ1) is 15.9. The highest BCUT2D eigenvalue weighted by atomic mass is 16.5. The molecule has 16 heavy (non-hydrogen) atoms. The highest BCUT2D eigenvalue weighted by Gasteiger charge is 2.25. The summed E-state index contributed by atoms with van der Waals surface area (Å²) in [6.45, 7) is 9.18. The molecule has 0 saturated carbocycles. The molecule has 0 aromatic heterocycles. The summed E-state index contributed by atoms with van der Waals surface area (Å²) in [4.78, 5) is 0. The van der Waals surface area contributed by atoms with Crippen molar-refractivity contribution in [1.29, 1.82) is 0 Å². The third-order valence-corrected chi connectivity index (χ3v) is 3.12. The smallest absolute Gasteiger partial charge is 0.0613 e. The summed E-state index contributed by atoms with van der Waals surface area (Å²) in [5, 5.41) is 12.8. The van der Waals surface area contributed by atoms with E-state index in [-0.39, 0.29) is 12.1 Å². The van der Waals surface area contributed by atoms with Crippen LogP contribution in [0.2, 0.25) is 0 Å². The lowest BCUT2D eigenvalue weighted by molar-refractivity contribution is 0.102. The van der Waals surface area contributed by atoms with Crippen molar-refractivity contribution in [3.8, 4) is 0 Å². The number of nitrogens with one attached hydrogen (secondary N) is 1. The maximum Gasteiger partial charge on any atom is 0.0613 e. The van der Waals surface area contributed by atoms with E-state index in [0.717, 1.165) is 45.4 Å². The van der Waals surface area contributed by atoms with E-state index in [0.29, 0.717) is 0 Å². The second-order valence-electron chi connectivity index (χ2n) is 4.39. The minimum Gasteiger partial charge on any atom is -0.394 e. The Kier molecular flexibility index (Phi) is 9.99. The van der Waals surface area contributed by atoms with Crippen LogP contribution < -0.4 is 5.32 Å². The van der Waals surface area contributed by atoms with Gasteiger partial charge in [-0.25, -0.2) is 0 Å². The van der Waals surface area contributed by atoms with Crippen LogP contribution in [0.4, 0.5) is 0 Å². The van der Waals surface area contributed by atoms with Crippen molar-refractivity contribution < 1.29 is 9.84 Å². The standard InChI is InChI=1S/C13H29NO2/c1-4-7-10-16-11-8-9-13(5-2,12-15)14-6-3/h14-15H,4-12H2,1-3H3. The van der Waals surface area contributed by atoms with E-state index >= 15 is 0 Å². The number of aliphatic hydroxyl groups is 1. The Balaban J connectivity index is 3.67. The molecule has 0 aromatic carbocycles. The maximum atomic E-state index is 9.45. The quantitative estimate of drug-likeness (QED) is 0.536. The predicted molar refractivity (Wildman–Crippen MR) is 68.7 cm³/mol. The zero-order valence-electron chi connectivity index (χ0n) is 11.2. The Hall–Kier alpha value is -0.120. The van der Waals surface area contributed by atoms with Crippen LogP contribution in [0.3, 0.4) is 0 Å². The molecule has 0 aliphatic rings. The second-order valence-corrected chi connectivity index (χ2v) is 4.39. The number of unbranched alkanes of at least 4 members (excludes halogenated alkanes) is 1. The van der Waals surface area contributed by atoms with Gasteiger partial charge in [-0.1, -0.05) is 27.2 Å². The molecular formula is C13H29NO2. The summed E-state index contributed by atoms with van der Waals surface area (Å²) in [7, 11) is 0. The van der Waals surface area contributed by atoms with Gasteiger partial charge in [0.2, 0.25) is 0 Å². The molecular weight excluding hydrogens is 202 g/mol. The Bertz CT molecular complexity index is 147. The number of hydrogen-bond donors (Lipinski definition) is 2. The molecule has 0 fully saturated rings. The molecule has 1 unspecified atom stereocenters. The van der Waals surface area contributed by atoms with Gasteiger partial charge in [-0.2, -0.15) is 0 Å². The van der Waals surface area contributed by atoms with Crippen LogP contribution in [0.1, 0.15) is 52.9 Å². The molecule has 0 rings (SSSR count). The fourth-order valence-corrected chi connectivity index (χ4v) is 1.87. The molecule has 3 heteroatoms. The highest BCUT2D eigenvalue weighted by Crippen LogP contribution is 2.16. The summed E-state index contributed by atoms with van der Waals surface area (Å²) in [6.07, 6.45) is 5.30. The molecule has 1 atom stereocenters. The molecule has 0 bridgehead atoms. The predicted octanol–water partition coefficient (Wildman–Crippen LogP) is 2.33. The summed E-state index contributed by atoms with van der Waals surface area (Å²) >= 11 is 0. The van der Waals surface area contributed by atoms with E-state index in [1.165, 1.54) is 6.42 Å². The molecule has 0 radical (unpaired) electrons. The fourth-order valence-electron chi connectivity index (χ4n) is 1.87. The SMILES string of the molecule is CCCCOCCCC(CC)(CO)NCC.